The molecular formula is C12H22O11. The number of hydrogen-bond donors (Lipinski definition) is 8. The van der Waals surface area contributed by atoms with E-state index < -0.39 is 74.6 Å². The highest BCUT2D eigenvalue weighted by Gasteiger charge is 2.58. The van der Waals surface area contributed by atoms with E-state index in [0.29, 0.717) is 0 Å². The maximum absolute atomic E-state index is 10.00. The van der Waals surface area contributed by atoms with Gasteiger partial charge in [-0.3, -0.25) is 0 Å². The summed E-state index contributed by atoms with van der Waals surface area (Å²) in [5.74, 6) is -2.22. The zero-order valence-electron chi connectivity index (χ0n) is 12.0. The van der Waals surface area contributed by atoms with E-state index in [9.17, 15) is 30.6 Å². The predicted octanol–water partition coefficient (Wildman–Crippen LogP) is -5.40. The van der Waals surface area contributed by atoms with Crippen molar-refractivity contribution in [2.45, 2.75) is 54.8 Å². The van der Waals surface area contributed by atoms with Crippen LogP contribution in [-0.4, -0.2) is 115 Å². The van der Waals surface area contributed by atoms with Gasteiger partial charge in [-0.25, -0.2) is 0 Å². The summed E-state index contributed by atoms with van der Waals surface area (Å²) in [6.45, 7) is -2.32. The second-order valence-electron chi connectivity index (χ2n) is 5.56. The molecule has 2 unspecified atom stereocenters. The van der Waals surface area contributed by atoms with Crippen molar-refractivity contribution in [3.63, 3.8) is 0 Å². The molecular weight excluding hydrogens is 320 g/mol. The average molecular weight is 342 g/mol. The van der Waals surface area contributed by atoms with Crippen molar-refractivity contribution >= 4 is 0 Å². The Hall–Kier alpha value is -0.440. The van der Waals surface area contributed by atoms with Gasteiger partial charge in [0.25, 0.3) is 0 Å². The first-order valence-corrected chi connectivity index (χ1v) is 7.05. The van der Waals surface area contributed by atoms with Crippen LogP contribution in [0, 0.1) is 0 Å². The van der Waals surface area contributed by atoms with Crippen LogP contribution in [0.2, 0.25) is 0 Å². The smallest absolute Gasteiger partial charge is 0.224 e. The molecule has 0 spiro atoms. The van der Waals surface area contributed by atoms with Crippen molar-refractivity contribution < 1.29 is 55.1 Å². The van der Waals surface area contributed by atoms with Gasteiger partial charge in [-0.2, -0.15) is 0 Å². The fraction of sp³-hybridized carbons (Fsp3) is 1.00. The topological polar surface area (TPSA) is 190 Å². The minimum atomic E-state index is -2.22. The molecule has 0 aromatic rings. The van der Waals surface area contributed by atoms with E-state index in [2.05, 4.69) is 0 Å². The van der Waals surface area contributed by atoms with Gasteiger partial charge in [0, 0.05) is 0 Å². The van der Waals surface area contributed by atoms with Gasteiger partial charge in [0.1, 0.15) is 49.3 Å². The first-order valence-electron chi connectivity index (χ1n) is 7.05. The van der Waals surface area contributed by atoms with Crippen LogP contribution in [0.25, 0.3) is 0 Å². The summed E-state index contributed by atoms with van der Waals surface area (Å²) in [6.07, 6.45) is -12.7. The van der Waals surface area contributed by atoms with Crippen LogP contribution >= 0.6 is 0 Å². The Morgan fingerprint density at radius 2 is 1.39 bits per heavy atom. The van der Waals surface area contributed by atoms with Crippen LogP contribution in [0.15, 0.2) is 0 Å². The van der Waals surface area contributed by atoms with Gasteiger partial charge in [0.05, 0.1) is 13.2 Å². The highest BCUT2D eigenvalue weighted by molar-refractivity contribution is 4.98. The molecule has 2 aliphatic heterocycles. The Morgan fingerprint density at radius 3 is 1.87 bits per heavy atom. The largest absolute Gasteiger partial charge is 0.394 e. The fourth-order valence-corrected chi connectivity index (χ4v) is 2.63. The maximum Gasteiger partial charge on any atom is 0.224 e. The second kappa shape index (κ2) is 7.21. The second-order valence-corrected chi connectivity index (χ2v) is 5.56. The van der Waals surface area contributed by atoms with Crippen LogP contribution in [0.5, 0.6) is 0 Å². The van der Waals surface area contributed by atoms with Gasteiger partial charge >= 0.3 is 0 Å². The first kappa shape index (κ1) is 18.9. The van der Waals surface area contributed by atoms with Gasteiger partial charge in [0.2, 0.25) is 5.79 Å². The van der Waals surface area contributed by atoms with Crippen LogP contribution in [0.4, 0.5) is 0 Å². The zero-order chi connectivity index (χ0) is 17.4. The van der Waals surface area contributed by atoms with Crippen molar-refractivity contribution in [2.24, 2.45) is 0 Å². The molecule has 2 heterocycles. The molecule has 0 aromatic carbocycles. The fourth-order valence-electron chi connectivity index (χ4n) is 2.63. The summed E-state index contributed by atoms with van der Waals surface area (Å²) >= 11 is 0. The Balaban J connectivity index is 2.18. The van der Waals surface area contributed by atoms with Gasteiger partial charge in [0.15, 0.2) is 6.29 Å². The van der Waals surface area contributed by atoms with Crippen LogP contribution in [0.1, 0.15) is 0 Å². The molecule has 11 heteroatoms. The Bertz CT molecular complexity index is 393. The molecule has 0 amide bonds. The highest BCUT2D eigenvalue weighted by Crippen LogP contribution is 2.35. The Labute approximate surface area is 130 Å². The summed E-state index contributed by atoms with van der Waals surface area (Å²) in [5.41, 5.74) is 0. The highest BCUT2D eigenvalue weighted by atomic mass is 16.8. The molecule has 2 rings (SSSR count). The number of hydrogen-bond acceptors (Lipinski definition) is 11. The van der Waals surface area contributed by atoms with Gasteiger partial charge in [-0.05, 0) is 0 Å². The Kier molecular flexibility index (Phi) is 5.92. The summed E-state index contributed by atoms with van der Waals surface area (Å²) in [5, 5.41) is 76.7. The van der Waals surface area contributed by atoms with E-state index in [1.807, 2.05) is 0 Å². The molecule has 2 fully saturated rings. The lowest BCUT2D eigenvalue weighted by Crippen LogP contribution is -2.62. The quantitative estimate of drug-likeness (QED) is 0.238. The monoisotopic (exact) mass is 342 g/mol. The summed E-state index contributed by atoms with van der Waals surface area (Å²) < 4.78 is 15.4. The van der Waals surface area contributed by atoms with Crippen LogP contribution in [0.3, 0.4) is 0 Å². The predicted molar refractivity (Wildman–Crippen MR) is 68.6 cm³/mol. The minimum Gasteiger partial charge on any atom is -0.394 e. The first-order chi connectivity index (χ1) is 10.8. The van der Waals surface area contributed by atoms with E-state index >= 15 is 0 Å². The maximum atomic E-state index is 10.00. The zero-order valence-corrected chi connectivity index (χ0v) is 12.0. The normalized spacial score (nSPS) is 51.1. The van der Waals surface area contributed by atoms with Crippen molar-refractivity contribution in [3.8, 4) is 0 Å². The molecule has 9 atom stereocenters. The lowest BCUT2D eigenvalue weighted by atomic mass is 9.99. The van der Waals surface area contributed by atoms with E-state index in [1.165, 1.54) is 0 Å². The minimum absolute atomic E-state index is 0.669. The number of ether oxygens (including phenoxy) is 3. The summed E-state index contributed by atoms with van der Waals surface area (Å²) in [4.78, 5) is 0. The molecule has 0 bridgehead atoms. The van der Waals surface area contributed by atoms with Gasteiger partial charge in [-0.15, -0.1) is 0 Å². The molecule has 2 saturated heterocycles. The Morgan fingerprint density at radius 1 is 0.783 bits per heavy atom. The number of rotatable bonds is 5. The molecule has 0 aliphatic carbocycles. The van der Waals surface area contributed by atoms with Crippen molar-refractivity contribution in [3.05, 3.63) is 0 Å². The third-order valence-electron chi connectivity index (χ3n) is 4.07. The molecule has 0 saturated carbocycles. The lowest BCUT2D eigenvalue weighted by molar-refractivity contribution is -0.383. The van der Waals surface area contributed by atoms with Crippen molar-refractivity contribution in [1.82, 2.24) is 0 Å². The molecule has 8 N–H and O–H groups in total. The standard InChI is InChI=1S/C12H22O11/c13-1-4-6(16)8(18)9(19)11(21-4)23-12(3-15)10(20)7(17)5(2-14)22-12/h4-11,13-20H,1-3H2/t4-,5+,6+,7+,8-,9+,10-,11?,12?/m0/s1. The molecule has 11 nitrogen and oxygen atoms in total. The van der Waals surface area contributed by atoms with E-state index in [1.54, 1.807) is 0 Å². The molecule has 0 aromatic heterocycles. The SMILES string of the molecule is OC[C@@H]1OC(OC2(CO)O[C@H](CO)[C@@H](O)[C@@H]2O)[C@H](O)[C@@H](O)[C@@H]1O. The van der Waals surface area contributed by atoms with Gasteiger partial charge in [-0.1, -0.05) is 0 Å². The van der Waals surface area contributed by atoms with E-state index in [4.69, 9.17) is 24.4 Å². The third kappa shape index (κ3) is 3.23. The van der Waals surface area contributed by atoms with E-state index in [0.717, 1.165) is 0 Å². The van der Waals surface area contributed by atoms with Crippen LogP contribution in [-0.2, 0) is 14.2 Å². The molecule has 2 aliphatic rings. The molecule has 0 radical (unpaired) electrons. The van der Waals surface area contributed by atoms with E-state index in [-0.39, 0.29) is 0 Å². The van der Waals surface area contributed by atoms with Crippen LogP contribution < -0.4 is 0 Å². The number of aliphatic hydroxyl groups excluding tert-OH is 8. The summed E-state index contributed by atoms with van der Waals surface area (Å²) in [6, 6.07) is 0. The lowest BCUT2D eigenvalue weighted by Gasteiger charge is -2.43. The average Bonchev–Trinajstić information content (AvgIpc) is 2.80. The third-order valence-corrected chi connectivity index (χ3v) is 4.07. The van der Waals surface area contributed by atoms with Crippen molar-refractivity contribution in [2.75, 3.05) is 19.8 Å². The van der Waals surface area contributed by atoms with Crippen molar-refractivity contribution in [1.29, 1.82) is 0 Å². The summed E-state index contributed by atoms with van der Waals surface area (Å²) in [7, 11) is 0. The molecule has 23 heavy (non-hydrogen) atoms. The van der Waals surface area contributed by atoms with Gasteiger partial charge < -0.3 is 55.1 Å². The molecule has 136 valence electrons. The number of aliphatic hydroxyl groups is 8.